The Kier molecular flexibility index (Phi) is 9.97. The average molecular weight is 597 g/mol. The molecule has 8 nitrogen and oxygen atoms in total. The number of hydrogen-bond acceptors (Lipinski definition) is 6. The van der Waals surface area contributed by atoms with Crippen LogP contribution in [0.3, 0.4) is 0 Å². The smallest absolute Gasteiger partial charge is 0.253 e. The zero-order chi connectivity index (χ0) is 30.4. The summed E-state index contributed by atoms with van der Waals surface area (Å²) in [6.07, 6.45) is 4.14. The Morgan fingerprint density at radius 2 is 1.76 bits per heavy atom. The molecule has 4 rings (SSSR count). The minimum Gasteiger partial charge on any atom is -0.450 e. The largest absolute Gasteiger partial charge is 0.450 e. The minimum absolute atomic E-state index is 0.0430. The molecule has 42 heavy (non-hydrogen) atoms. The van der Waals surface area contributed by atoms with E-state index in [1.54, 1.807) is 37.3 Å². The van der Waals surface area contributed by atoms with Gasteiger partial charge in [0.15, 0.2) is 17.4 Å². The zero-order valence-electron chi connectivity index (χ0n) is 24.7. The number of benzene rings is 2. The summed E-state index contributed by atoms with van der Waals surface area (Å²) in [6.45, 7) is 8.85. The Labute approximate surface area is 246 Å². The van der Waals surface area contributed by atoms with Crippen LogP contribution in [0.1, 0.15) is 16.8 Å². The minimum atomic E-state index is -1.28. The summed E-state index contributed by atoms with van der Waals surface area (Å²) < 4.78 is 48.1. The number of anilines is 1. The lowest BCUT2D eigenvalue weighted by atomic mass is 10.0. The third-order valence-electron chi connectivity index (χ3n) is 6.81. The Morgan fingerprint density at radius 3 is 2.40 bits per heavy atom. The first-order valence-corrected chi connectivity index (χ1v) is 17.5. The number of aromatic nitrogens is 2. The van der Waals surface area contributed by atoms with Gasteiger partial charge in [-0.25, -0.2) is 13.8 Å². The first kappa shape index (κ1) is 31.1. The Morgan fingerprint density at radius 1 is 1.07 bits per heavy atom. The lowest BCUT2D eigenvalue weighted by Gasteiger charge is -2.17. The van der Waals surface area contributed by atoms with Gasteiger partial charge in [-0.05, 0) is 36.2 Å². The van der Waals surface area contributed by atoms with Crippen molar-refractivity contribution in [2.75, 3.05) is 39.6 Å². The number of methoxy groups -OCH3 is 1. The van der Waals surface area contributed by atoms with Gasteiger partial charge in [0, 0.05) is 83.3 Å². The predicted octanol–water partition coefficient (Wildman–Crippen LogP) is 6.78. The summed E-state index contributed by atoms with van der Waals surface area (Å²) in [7, 11) is 2.10. The van der Waals surface area contributed by atoms with E-state index >= 15 is 0 Å². The highest BCUT2D eigenvalue weighted by atomic mass is 28.3. The fourth-order valence-corrected chi connectivity index (χ4v) is 5.23. The molecule has 2 N–H and O–H groups in total. The molecule has 0 aliphatic rings. The van der Waals surface area contributed by atoms with Gasteiger partial charge in [0.05, 0.1) is 5.39 Å². The monoisotopic (exact) mass is 596 g/mol. The molecular formula is C31H38F2N4O4Si. The predicted molar refractivity (Wildman–Crippen MR) is 164 cm³/mol. The molecular weight excluding hydrogens is 558 g/mol. The molecule has 1 amide bonds. The van der Waals surface area contributed by atoms with Crippen molar-refractivity contribution in [1.82, 2.24) is 14.5 Å². The van der Waals surface area contributed by atoms with Crippen LogP contribution in [0.15, 0.2) is 54.9 Å². The van der Waals surface area contributed by atoms with Gasteiger partial charge in [0.1, 0.15) is 18.1 Å². The van der Waals surface area contributed by atoms with E-state index < -0.39 is 25.5 Å². The van der Waals surface area contributed by atoms with Gasteiger partial charge in [0.25, 0.3) is 5.91 Å². The topological polar surface area (TPSA) is 91.8 Å². The molecule has 11 heteroatoms. The lowest BCUT2D eigenvalue weighted by Crippen LogP contribution is -2.28. The van der Waals surface area contributed by atoms with Crippen molar-refractivity contribution in [2.45, 2.75) is 38.8 Å². The van der Waals surface area contributed by atoms with E-state index in [9.17, 15) is 13.6 Å². The van der Waals surface area contributed by atoms with Gasteiger partial charge in [-0.15, -0.1) is 0 Å². The number of fused-ring (bicyclic) bond motifs is 1. The molecule has 0 saturated carbocycles. The summed E-state index contributed by atoms with van der Waals surface area (Å²) in [5.41, 5.74) is 8.11. The van der Waals surface area contributed by atoms with Gasteiger partial charge in [-0.3, -0.25) is 4.79 Å². The van der Waals surface area contributed by atoms with Crippen molar-refractivity contribution >= 4 is 30.7 Å². The Balaban J connectivity index is 1.71. The maximum atomic E-state index is 14.7. The summed E-state index contributed by atoms with van der Waals surface area (Å²) in [5.74, 6) is -2.26. The molecule has 0 radical (unpaired) electrons. The van der Waals surface area contributed by atoms with Gasteiger partial charge in [-0.1, -0.05) is 31.8 Å². The number of nitrogens with two attached hydrogens (primary N) is 1. The van der Waals surface area contributed by atoms with Crippen molar-refractivity contribution in [2.24, 2.45) is 0 Å². The highest BCUT2D eigenvalue weighted by Gasteiger charge is 2.21. The van der Waals surface area contributed by atoms with Crippen LogP contribution in [0.5, 0.6) is 11.5 Å². The van der Waals surface area contributed by atoms with Crippen LogP contribution in [0.2, 0.25) is 25.7 Å². The molecule has 0 saturated heterocycles. The molecule has 0 fully saturated rings. The van der Waals surface area contributed by atoms with Crippen molar-refractivity contribution in [3.63, 3.8) is 0 Å². The number of hydrogen-bond donors (Lipinski definition) is 1. The second-order valence-electron chi connectivity index (χ2n) is 11.4. The van der Waals surface area contributed by atoms with Gasteiger partial charge < -0.3 is 29.4 Å². The van der Waals surface area contributed by atoms with Gasteiger partial charge in [-0.2, -0.15) is 0 Å². The first-order valence-electron chi connectivity index (χ1n) is 13.8. The lowest BCUT2D eigenvalue weighted by molar-refractivity contribution is 0.0779. The van der Waals surface area contributed by atoms with E-state index in [0.717, 1.165) is 30.2 Å². The van der Waals surface area contributed by atoms with E-state index in [-0.39, 0.29) is 24.1 Å². The number of rotatable bonds is 13. The van der Waals surface area contributed by atoms with Crippen molar-refractivity contribution in [3.05, 3.63) is 72.1 Å². The van der Waals surface area contributed by atoms with Crippen molar-refractivity contribution in [1.29, 1.82) is 0 Å². The third-order valence-corrected chi connectivity index (χ3v) is 8.51. The maximum Gasteiger partial charge on any atom is 0.253 e. The average Bonchev–Trinajstić information content (AvgIpc) is 3.31. The van der Waals surface area contributed by atoms with E-state index in [0.29, 0.717) is 41.9 Å². The van der Waals surface area contributed by atoms with Crippen LogP contribution in [0, 0.1) is 11.6 Å². The van der Waals surface area contributed by atoms with Crippen LogP contribution in [0.25, 0.3) is 22.2 Å². The van der Waals surface area contributed by atoms with Crippen LogP contribution in [-0.4, -0.2) is 62.3 Å². The SMILES string of the molecule is COCCCN(C)C(=O)c1ccc(-c2cn(COCC[Si](C)(C)C)c3nccc(Oc4c(F)cc(N)cc4F)c23)cc1. The van der Waals surface area contributed by atoms with E-state index in [1.807, 2.05) is 22.9 Å². The molecule has 4 aromatic rings. The standard InChI is InChI=1S/C31H38F2N4O4Si/c1-36(13-6-14-39-2)31(38)22-9-7-21(8-10-22)24-19-37(20-40-15-16-42(3,4)5)30-28(24)27(11-12-35-30)41-29-25(32)17-23(34)18-26(29)33/h7-12,17-19H,6,13-16,20,34H2,1-5H3. The summed E-state index contributed by atoms with van der Waals surface area (Å²) in [6, 6.07) is 11.8. The summed E-state index contributed by atoms with van der Waals surface area (Å²) >= 11 is 0. The number of nitrogen functional groups attached to an aromatic ring is 1. The molecule has 2 aromatic heterocycles. The van der Waals surface area contributed by atoms with Crippen LogP contribution in [-0.2, 0) is 16.2 Å². The number of pyridine rings is 1. The van der Waals surface area contributed by atoms with Gasteiger partial charge >= 0.3 is 0 Å². The molecule has 0 aliphatic carbocycles. The number of halogens is 2. The van der Waals surface area contributed by atoms with Crippen molar-refractivity contribution < 1.29 is 27.8 Å². The number of ether oxygens (including phenoxy) is 3. The maximum absolute atomic E-state index is 14.7. The fourth-order valence-electron chi connectivity index (χ4n) is 4.48. The molecule has 2 heterocycles. The molecule has 2 aromatic carbocycles. The number of carbonyl (C=O) groups is 1. The Hall–Kier alpha value is -3.80. The highest BCUT2D eigenvalue weighted by molar-refractivity contribution is 6.76. The summed E-state index contributed by atoms with van der Waals surface area (Å²) in [5, 5.41) is 0.553. The van der Waals surface area contributed by atoms with E-state index in [4.69, 9.17) is 19.9 Å². The first-order chi connectivity index (χ1) is 20.0. The van der Waals surface area contributed by atoms with Crippen LogP contribution >= 0.6 is 0 Å². The van der Waals surface area contributed by atoms with E-state index in [1.165, 1.54) is 6.20 Å². The summed E-state index contributed by atoms with van der Waals surface area (Å²) in [4.78, 5) is 19.1. The third kappa shape index (κ3) is 7.52. The molecule has 0 spiro atoms. The zero-order valence-corrected chi connectivity index (χ0v) is 25.7. The Bertz CT molecular complexity index is 1510. The van der Waals surface area contributed by atoms with Crippen LogP contribution in [0.4, 0.5) is 14.5 Å². The second-order valence-corrected chi connectivity index (χ2v) is 17.1. The number of nitrogens with zero attached hydrogens (tertiary/aromatic N) is 3. The highest BCUT2D eigenvalue weighted by Crippen LogP contribution is 2.39. The van der Waals surface area contributed by atoms with Crippen LogP contribution < -0.4 is 10.5 Å². The quantitative estimate of drug-likeness (QED) is 0.104. The fraction of sp³-hybridized carbons (Fsp3) is 0.355. The van der Waals surface area contributed by atoms with E-state index in [2.05, 4.69) is 24.6 Å². The molecule has 0 aliphatic heterocycles. The number of carbonyl (C=O) groups excluding carboxylic acids is 1. The second kappa shape index (κ2) is 13.4. The van der Waals surface area contributed by atoms with Gasteiger partial charge in [0.2, 0.25) is 0 Å². The molecule has 0 atom stereocenters. The molecule has 0 bridgehead atoms. The molecule has 224 valence electrons. The van der Waals surface area contributed by atoms with Crippen molar-refractivity contribution in [3.8, 4) is 22.6 Å². The molecule has 0 unspecified atom stereocenters. The normalized spacial score (nSPS) is 11.7. The number of amides is 1.